The lowest BCUT2D eigenvalue weighted by molar-refractivity contribution is 0.102. The molecule has 148 valence electrons. The number of carbonyl (C=O) groups is 1. The smallest absolute Gasteiger partial charge is 0.173 e. The molecule has 1 heterocycles. The number of methoxy groups -OCH3 is 2. The van der Waals surface area contributed by atoms with Crippen LogP contribution in [0.1, 0.15) is 22.8 Å². The molecule has 0 saturated heterocycles. The number of ketones is 1. The van der Waals surface area contributed by atoms with E-state index in [1.807, 2.05) is 25.1 Å². The number of hydrogen-bond acceptors (Lipinski definition) is 7. The molecule has 0 aliphatic rings. The van der Waals surface area contributed by atoms with E-state index in [1.54, 1.807) is 31.4 Å². The Kier molecular flexibility index (Phi) is 6.57. The number of rotatable bonds is 8. The third-order valence-corrected chi connectivity index (χ3v) is 5.22. The van der Waals surface area contributed by atoms with Crippen LogP contribution in [0.5, 0.6) is 17.2 Å². The van der Waals surface area contributed by atoms with Crippen molar-refractivity contribution in [1.82, 2.24) is 4.98 Å². The molecule has 0 saturated carbocycles. The van der Waals surface area contributed by atoms with Crippen LogP contribution in [0.25, 0.3) is 10.9 Å². The number of fused-ring (bicyclic) bond motifs is 1. The fourth-order valence-corrected chi connectivity index (χ4v) is 3.67. The Morgan fingerprint density at radius 2 is 1.90 bits per heavy atom. The molecule has 0 aliphatic heterocycles. The number of nitriles is 1. The number of pyridine rings is 1. The fourth-order valence-electron chi connectivity index (χ4n) is 2.81. The van der Waals surface area contributed by atoms with Gasteiger partial charge in [-0.05, 0) is 49.4 Å². The maximum atomic E-state index is 12.6. The zero-order chi connectivity index (χ0) is 20.8. The van der Waals surface area contributed by atoms with Crippen molar-refractivity contribution in [3.05, 3.63) is 53.6 Å². The highest BCUT2D eigenvalue weighted by Gasteiger charge is 2.14. The molecule has 6 nitrogen and oxygen atoms in total. The minimum Gasteiger partial charge on any atom is -0.494 e. The molecule has 0 unspecified atom stereocenters. The van der Waals surface area contributed by atoms with E-state index in [4.69, 9.17) is 14.2 Å². The molecule has 0 fully saturated rings. The van der Waals surface area contributed by atoms with Gasteiger partial charge in [0.1, 0.15) is 16.8 Å². The van der Waals surface area contributed by atoms with Gasteiger partial charge in [-0.3, -0.25) is 4.79 Å². The summed E-state index contributed by atoms with van der Waals surface area (Å²) >= 11 is 1.24. The predicted molar refractivity (Wildman–Crippen MR) is 112 cm³/mol. The molecular formula is C22H20N2O4S. The topological polar surface area (TPSA) is 81.4 Å². The standard InChI is InChI=1S/C22H20N2O4S/c1-4-28-17-6-7-18-15(10-17)9-16(12-23)22(24-18)29-13-19(25)14-5-8-20(26-2)21(11-14)27-3/h5-11H,4,13H2,1-3H3. The number of hydrogen-bond donors (Lipinski definition) is 0. The van der Waals surface area contributed by atoms with Crippen LogP contribution >= 0.6 is 11.8 Å². The Balaban J connectivity index is 1.81. The van der Waals surface area contributed by atoms with Gasteiger partial charge in [0.25, 0.3) is 0 Å². The molecule has 0 N–H and O–H groups in total. The maximum absolute atomic E-state index is 12.6. The summed E-state index contributed by atoms with van der Waals surface area (Å²) < 4.78 is 16.0. The van der Waals surface area contributed by atoms with Crippen molar-refractivity contribution in [1.29, 1.82) is 5.26 Å². The van der Waals surface area contributed by atoms with Crippen LogP contribution in [0.2, 0.25) is 0 Å². The highest BCUT2D eigenvalue weighted by atomic mass is 32.2. The molecule has 29 heavy (non-hydrogen) atoms. The van der Waals surface area contributed by atoms with Crippen molar-refractivity contribution >= 4 is 28.4 Å². The SMILES string of the molecule is CCOc1ccc2nc(SCC(=O)c3ccc(OC)c(OC)c3)c(C#N)cc2c1. The summed E-state index contributed by atoms with van der Waals surface area (Å²) in [6, 6.07) is 14.5. The number of aromatic nitrogens is 1. The zero-order valence-electron chi connectivity index (χ0n) is 16.4. The quantitative estimate of drug-likeness (QED) is 0.401. The van der Waals surface area contributed by atoms with Crippen molar-refractivity contribution in [3.8, 4) is 23.3 Å². The van der Waals surface area contributed by atoms with E-state index in [-0.39, 0.29) is 11.5 Å². The number of benzene rings is 2. The lowest BCUT2D eigenvalue weighted by atomic mass is 10.1. The van der Waals surface area contributed by atoms with Crippen LogP contribution in [0, 0.1) is 11.3 Å². The van der Waals surface area contributed by atoms with E-state index < -0.39 is 0 Å². The highest BCUT2D eigenvalue weighted by Crippen LogP contribution is 2.30. The van der Waals surface area contributed by atoms with Crippen LogP contribution in [0.3, 0.4) is 0 Å². The average molecular weight is 408 g/mol. The van der Waals surface area contributed by atoms with Gasteiger partial charge in [-0.1, -0.05) is 11.8 Å². The Morgan fingerprint density at radius 1 is 1.10 bits per heavy atom. The molecule has 3 rings (SSSR count). The van der Waals surface area contributed by atoms with Gasteiger partial charge in [-0.15, -0.1) is 0 Å². The summed E-state index contributed by atoms with van der Waals surface area (Å²) in [5.74, 6) is 1.85. The molecule has 7 heteroatoms. The third kappa shape index (κ3) is 4.61. The monoisotopic (exact) mass is 408 g/mol. The molecule has 0 amide bonds. The second-order valence-electron chi connectivity index (χ2n) is 6.02. The molecule has 0 aliphatic carbocycles. The van der Waals surface area contributed by atoms with E-state index in [0.717, 1.165) is 16.7 Å². The summed E-state index contributed by atoms with van der Waals surface area (Å²) in [5, 5.41) is 10.9. The molecule has 0 bridgehead atoms. The Labute approximate surface area is 173 Å². The molecule has 2 aromatic carbocycles. The lowest BCUT2D eigenvalue weighted by Gasteiger charge is -2.10. The minimum absolute atomic E-state index is 0.0894. The fraction of sp³-hybridized carbons (Fsp3) is 0.227. The van der Waals surface area contributed by atoms with Gasteiger partial charge < -0.3 is 14.2 Å². The number of nitrogens with zero attached hydrogens (tertiary/aromatic N) is 2. The maximum Gasteiger partial charge on any atom is 0.173 e. The van der Waals surface area contributed by atoms with Gasteiger partial charge in [0.15, 0.2) is 17.3 Å². The summed E-state index contributed by atoms with van der Waals surface area (Å²) in [7, 11) is 3.07. The van der Waals surface area contributed by atoms with E-state index in [9.17, 15) is 10.1 Å². The number of ether oxygens (including phenoxy) is 3. The van der Waals surface area contributed by atoms with Gasteiger partial charge in [-0.25, -0.2) is 4.98 Å². The normalized spacial score (nSPS) is 10.4. The van der Waals surface area contributed by atoms with Crippen LogP contribution in [0.4, 0.5) is 0 Å². The van der Waals surface area contributed by atoms with Gasteiger partial charge >= 0.3 is 0 Å². The molecule has 0 radical (unpaired) electrons. The van der Waals surface area contributed by atoms with Crippen LogP contribution in [-0.4, -0.2) is 37.3 Å². The van der Waals surface area contributed by atoms with Gasteiger partial charge in [0.05, 0.1) is 37.7 Å². The van der Waals surface area contributed by atoms with Gasteiger partial charge in [0.2, 0.25) is 0 Å². The molecule has 0 spiro atoms. The summed E-state index contributed by atoms with van der Waals surface area (Å²) in [6.07, 6.45) is 0. The second kappa shape index (κ2) is 9.30. The van der Waals surface area contributed by atoms with E-state index in [0.29, 0.717) is 34.3 Å². The van der Waals surface area contributed by atoms with Crippen molar-refractivity contribution < 1.29 is 19.0 Å². The average Bonchev–Trinajstić information content (AvgIpc) is 2.76. The molecular weight excluding hydrogens is 388 g/mol. The van der Waals surface area contributed by atoms with E-state index >= 15 is 0 Å². The Bertz CT molecular complexity index is 1090. The first-order valence-corrected chi connectivity index (χ1v) is 9.93. The van der Waals surface area contributed by atoms with Gasteiger partial charge in [0, 0.05) is 10.9 Å². The zero-order valence-corrected chi connectivity index (χ0v) is 17.2. The van der Waals surface area contributed by atoms with Crippen LogP contribution in [-0.2, 0) is 0 Å². The Hall–Kier alpha value is -3.24. The first-order chi connectivity index (χ1) is 14.1. The third-order valence-electron chi connectivity index (χ3n) is 4.23. The van der Waals surface area contributed by atoms with Gasteiger partial charge in [-0.2, -0.15) is 5.26 Å². The first kappa shape index (κ1) is 20.5. The predicted octanol–water partition coefficient (Wildman–Crippen LogP) is 4.50. The first-order valence-electron chi connectivity index (χ1n) is 8.95. The minimum atomic E-state index is -0.0894. The summed E-state index contributed by atoms with van der Waals surface area (Å²) in [6.45, 7) is 2.48. The number of Topliss-reactive ketones (excluding diaryl/α,β-unsaturated/α-hetero) is 1. The van der Waals surface area contributed by atoms with Crippen molar-refractivity contribution in [3.63, 3.8) is 0 Å². The van der Waals surface area contributed by atoms with Crippen molar-refractivity contribution in [2.24, 2.45) is 0 Å². The Morgan fingerprint density at radius 3 is 2.59 bits per heavy atom. The molecule has 3 aromatic rings. The molecule has 1 aromatic heterocycles. The summed E-state index contributed by atoms with van der Waals surface area (Å²) in [5.41, 5.74) is 1.68. The second-order valence-corrected chi connectivity index (χ2v) is 6.99. The number of carbonyl (C=O) groups excluding carboxylic acids is 1. The van der Waals surface area contributed by atoms with Crippen molar-refractivity contribution in [2.45, 2.75) is 11.9 Å². The highest BCUT2D eigenvalue weighted by molar-refractivity contribution is 8.00. The van der Waals surface area contributed by atoms with Crippen molar-refractivity contribution in [2.75, 3.05) is 26.6 Å². The lowest BCUT2D eigenvalue weighted by Crippen LogP contribution is -2.04. The number of thioether (sulfide) groups is 1. The molecule has 0 atom stereocenters. The van der Waals surface area contributed by atoms with Crippen LogP contribution in [0.15, 0.2) is 47.5 Å². The summed E-state index contributed by atoms with van der Waals surface area (Å²) in [4.78, 5) is 17.2. The van der Waals surface area contributed by atoms with E-state index in [2.05, 4.69) is 11.1 Å². The van der Waals surface area contributed by atoms with E-state index in [1.165, 1.54) is 18.9 Å². The van der Waals surface area contributed by atoms with Crippen LogP contribution < -0.4 is 14.2 Å². The largest absolute Gasteiger partial charge is 0.494 e.